The Kier molecular flexibility index (Phi) is 2.55. The average molecular weight is 197 g/mol. The van der Waals surface area contributed by atoms with Crippen LogP contribution in [0, 0.1) is 13.8 Å². The molecule has 0 unspecified atom stereocenters. The maximum Gasteiger partial charge on any atom is 0.0735 e. The highest BCUT2D eigenvalue weighted by molar-refractivity contribution is 5.97. The van der Waals surface area contributed by atoms with Gasteiger partial charge in [-0.3, -0.25) is 4.99 Å². The first-order valence-corrected chi connectivity index (χ1v) is 5.21. The second-order valence-electron chi connectivity index (χ2n) is 3.79. The third-order valence-corrected chi connectivity index (χ3v) is 2.69. The molecule has 2 aromatic carbocycles. The maximum atomic E-state index is 4.47. The van der Waals surface area contributed by atoms with Gasteiger partial charge in [0.15, 0.2) is 0 Å². The molecule has 0 saturated heterocycles. The van der Waals surface area contributed by atoms with Crippen molar-refractivity contribution in [3.8, 4) is 0 Å². The van der Waals surface area contributed by atoms with Crippen LogP contribution in [0.3, 0.4) is 0 Å². The van der Waals surface area contributed by atoms with E-state index in [0.29, 0.717) is 0 Å². The molecule has 76 valence electrons. The van der Waals surface area contributed by atoms with Crippen molar-refractivity contribution in [2.24, 2.45) is 4.99 Å². The number of nitrogens with zero attached hydrogens (tertiary/aromatic N) is 1. The third-order valence-electron chi connectivity index (χ3n) is 2.69. The number of aryl methyl sites for hydroxylation is 2. The zero-order valence-corrected chi connectivity index (χ0v) is 9.41. The summed E-state index contributed by atoms with van der Waals surface area (Å²) in [6, 6.07) is 10.6. The molecular weight excluding hydrogens is 182 g/mol. The van der Waals surface area contributed by atoms with Crippen LogP contribution in [0.4, 0.5) is 5.69 Å². The Balaban J connectivity index is 2.91. The smallest absolute Gasteiger partial charge is 0.0735 e. The topological polar surface area (TPSA) is 12.4 Å². The van der Waals surface area contributed by atoms with E-state index in [1.807, 2.05) is 13.1 Å². The van der Waals surface area contributed by atoms with E-state index in [0.717, 1.165) is 5.69 Å². The van der Waals surface area contributed by atoms with Crippen LogP contribution in [-0.2, 0) is 0 Å². The Labute approximate surface area is 90.5 Å². The van der Waals surface area contributed by atoms with Gasteiger partial charge >= 0.3 is 0 Å². The summed E-state index contributed by atoms with van der Waals surface area (Å²) in [6.07, 6.45) is 1.86. The fourth-order valence-electron chi connectivity index (χ4n) is 1.94. The molecule has 2 rings (SSSR count). The molecule has 0 heterocycles. The van der Waals surface area contributed by atoms with Gasteiger partial charge in [0, 0.05) is 11.6 Å². The monoisotopic (exact) mass is 197 g/mol. The van der Waals surface area contributed by atoms with Gasteiger partial charge in [0.1, 0.15) is 0 Å². The molecule has 0 fully saturated rings. The van der Waals surface area contributed by atoms with Crippen molar-refractivity contribution in [2.45, 2.75) is 20.8 Å². The van der Waals surface area contributed by atoms with Crippen molar-refractivity contribution in [3.05, 3.63) is 41.5 Å². The van der Waals surface area contributed by atoms with Gasteiger partial charge in [0.05, 0.1) is 5.69 Å². The summed E-state index contributed by atoms with van der Waals surface area (Å²) in [5, 5.41) is 2.54. The highest BCUT2D eigenvalue weighted by Crippen LogP contribution is 2.31. The van der Waals surface area contributed by atoms with Gasteiger partial charge in [-0.15, -0.1) is 0 Å². The molecule has 0 atom stereocenters. The standard InChI is InChI=1S/C14H15N/c1-4-15-14-11(3)8-9-12-7-5-6-10(2)13(12)14/h4-9H,1-3H3. The summed E-state index contributed by atoms with van der Waals surface area (Å²) in [5.41, 5.74) is 3.62. The van der Waals surface area contributed by atoms with Crippen LogP contribution in [-0.4, -0.2) is 6.21 Å². The number of fused-ring (bicyclic) bond motifs is 1. The van der Waals surface area contributed by atoms with Gasteiger partial charge in [-0.2, -0.15) is 0 Å². The van der Waals surface area contributed by atoms with Gasteiger partial charge in [-0.05, 0) is 37.3 Å². The van der Waals surface area contributed by atoms with Gasteiger partial charge < -0.3 is 0 Å². The molecule has 0 aromatic heterocycles. The van der Waals surface area contributed by atoms with Crippen LogP contribution in [0.25, 0.3) is 10.8 Å². The second-order valence-corrected chi connectivity index (χ2v) is 3.79. The van der Waals surface area contributed by atoms with E-state index in [-0.39, 0.29) is 0 Å². The van der Waals surface area contributed by atoms with Crippen LogP contribution >= 0.6 is 0 Å². The highest BCUT2D eigenvalue weighted by atomic mass is 14.7. The van der Waals surface area contributed by atoms with E-state index in [1.54, 1.807) is 0 Å². The van der Waals surface area contributed by atoms with Gasteiger partial charge in [-0.1, -0.05) is 30.3 Å². The molecule has 2 aromatic rings. The minimum absolute atomic E-state index is 1.10. The van der Waals surface area contributed by atoms with Crippen molar-refractivity contribution in [1.29, 1.82) is 0 Å². The highest BCUT2D eigenvalue weighted by Gasteiger charge is 2.04. The quantitative estimate of drug-likeness (QED) is 0.608. The molecule has 0 N–H and O–H groups in total. The molecule has 1 nitrogen and oxygen atoms in total. The zero-order valence-electron chi connectivity index (χ0n) is 9.41. The molecule has 0 saturated carbocycles. The third kappa shape index (κ3) is 1.65. The zero-order chi connectivity index (χ0) is 10.8. The molecular formula is C14H15N. The number of hydrogen-bond donors (Lipinski definition) is 0. The number of rotatable bonds is 1. The van der Waals surface area contributed by atoms with Crippen molar-refractivity contribution in [2.75, 3.05) is 0 Å². The van der Waals surface area contributed by atoms with Crippen molar-refractivity contribution in [3.63, 3.8) is 0 Å². The van der Waals surface area contributed by atoms with Gasteiger partial charge in [-0.25, -0.2) is 0 Å². The number of aliphatic imine (C=N–C) groups is 1. The normalized spacial score (nSPS) is 11.4. The van der Waals surface area contributed by atoms with Crippen molar-refractivity contribution >= 4 is 22.7 Å². The minimum atomic E-state index is 1.10. The molecule has 0 aliphatic rings. The van der Waals surface area contributed by atoms with E-state index in [1.165, 1.54) is 21.9 Å². The first kappa shape index (κ1) is 9.91. The fraction of sp³-hybridized carbons (Fsp3) is 0.214. The lowest BCUT2D eigenvalue weighted by atomic mass is 10.0. The Bertz CT molecular complexity index is 524. The summed E-state index contributed by atoms with van der Waals surface area (Å²) in [7, 11) is 0. The summed E-state index contributed by atoms with van der Waals surface area (Å²) in [5.74, 6) is 0. The van der Waals surface area contributed by atoms with E-state index in [2.05, 4.69) is 49.2 Å². The molecule has 1 heteroatoms. The Morgan fingerprint density at radius 3 is 2.53 bits per heavy atom. The average Bonchev–Trinajstić information content (AvgIpc) is 2.23. The first-order chi connectivity index (χ1) is 7.24. The fourth-order valence-corrected chi connectivity index (χ4v) is 1.94. The van der Waals surface area contributed by atoms with Crippen LogP contribution in [0.5, 0.6) is 0 Å². The molecule has 0 radical (unpaired) electrons. The lowest BCUT2D eigenvalue weighted by molar-refractivity contribution is 1.41. The summed E-state index contributed by atoms with van der Waals surface area (Å²) < 4.78 is 0. The van der Waals surface area contributed by atoms with E-state index < -0.39 is 0 Å². The lowest BCUT2D eigenvalue weighted by Gasteiger charge is -2.08. The molecule has 0 bridgehead atoms. The molecule has 0 amide bonds. The lowest BCUT2D eigenvalue weighted by Crippen LogP contribution is -1.83. The van der Waals surface area contributed by atoms with Gasteiger partial charge in [0.2, 0.25) is 0 Å². The molecule has 15 heavy (non-hydrogen) atoms. The van der Waals surface area contributed by atoms with Crippen molar-refractivity contribution < 1.29 is 0 Å². The van der Waals surface area contributed by atoms with Crippen LogP contribution in [0.2, 0.25) is 0 Å². The van der Waals surface area contributed by atoms with Gasteiger partial charge in [0.25, 0.3) is 0 Å². The molecule has 0 aliphatic carbocycles. The number of benzene rings is 2. The Hall–Kier alpha value is -1.63. The van der Waals surface area contributed by atoms with Crippen LogP contribution in [0.15, 0.2) is 35.3 Å². The van der Waals surface area contributed by atoms with E-state index in [4.69, 9.17) is 0 Å². The SMILES string of the molecule is CC=Nc1c(C)ccc2cccc(C)c12. The minimum Gasteiger partial charge on any atom is -0.261 e. The molecule has 0 aliphatic heterocycles. The van der Waals surface area contributed by atoms with Crippen LogP contribution in [0.1, 0.15) is 18.1 Å². The largest absolute Gasteiger partial charge is 0.261 e. The first-order valence-electron chi connectivity index (χ1n) is 5.21. The predicted molar refractivity (Wildman–Crippen MR) is 67.2 cm³/mol. The Morgan fingerprint density at radius 1 is 1.00 bits per heavy atom. The Morgan fingerprint density at radius 2 is 1.80 bits per heavy atom. The van der Waals surface area contributed by atoms with E-state index in [9.17, 15) is 0 Å². The predicted octanol–water partition coefficient (Wildman–Crippen LogP) is 4.18. The maximum absolute atomic E-state index is 4.47. The molecule has 0 spiro atoms. The summed E-state index contributed by atoms with van der Waals surface area (Å²) in [6.45, 7) is 6.20. The van der Waals surface area contributed by atoms with Crippen LogP contribution < -0.4 is 0 Å². The summed E-state index contributed by atoms with van der Waals surface area (Å²) >= 11 is 0. The second kappa shape index (κ2) is 3.85. The summed E-state index contributed by atoms with van der Waals surface area (Å²) in [4.78, 5) is 4.47. The number of hydrogen-bond acceptors (Lipinski definition) is 1. The van der Waals surface area contributed by atoms with E-state index >= 15 is 0 Å². The van der Waals surface area contributed by atoms with Crippen molar-refractivity contribution in [1.82, 2.24) is 0 Å².